The summed E-state index contributed by atoms with van der Waals surface area (Å²) in [7, 11) is 0. The Morgan fingerprint density at radius 2 is 1.80 bits per heavy atom. The lowest BCUT2D eigenvalue weighted by Gasteiger charge is -1.88. The van der Waals surface area contributed by atoms with Crippen LogP contribution in [0, 0.1) is 0 Å². The van der Waals surface area contributed by atoms with Crippen LogP contribution in [-0.2, 0) is 0 Å². The Labute approximate surface area is 62.0 Å². The minimum atomic E-state index is 1.04. The molecule has 0 unspecified atom stereocenters. The Morgan fingerprint density at radius 3 is 2.30 bits per heavy atom. The molecular formula is C8H14N2. The summed E-state index contributed by atoms with van der Waals surface area (Å²) < 4.78 is 0. The Kier molecular flexibility index (Phi) is 2.60. The van der Waals surface area contributed by atoms with E-state index >= 15 is 0 Å². The van der Waals surface area contributed by atoms with E-state index in [1.54, 1.807) is 0 Å². The molecule has 1 aliphatic carbocycles. The molecule has 0 aromatic rings. The zero-order chi connectivity index (χ0) is 7.40. The Balaban J connectivity index is 2.46. The van der Waals surface area contributed by atoms with Crippen molar-refractivity contribution in [3.05, 3.63) is 0 Å². The molecule has 0 saturated heterocycles. The summed E-state index contributed by atoms with van der Waals surface area (Å²) in [6, 6.07) is 0. The summed E-state index contributed by atoms with van der Waals surface area (Å²) in [4.78, 5) is 0. The van der Waals surface area contributed by atoms with Crippen LogP contribution >= 0.6 is 0 Å². The average molecular weight is 138 g/mol. The van der Waals surface area contributed by atoms with Crippen LogP contribution in [0.5, 0.6) is 0 Å². The van der Waals surface area contributed by atoms with Crippen molar-refractivity contribution in [2.45, 2.75) is 39.5 Å². The first kappa shape index (κ1) is 7.45. The highest BCUT2D eigenvalue weighted by atomic mass is 15.2. The molecule has 2 nitrogen and oxygen atoms in total. The molecule has 1 aliphatic rings. The van der Waals surface area contributed by atoms with Gasteiger partial charge in [0.1, 0.15) is 0 Å². The van der Waals surface area contributed by atoms with Crippen LogP contribution in [0.1, 0.15) is 39.5 Å². The van der Waals surface area contributed by atoms with Crippen molar-refractivity contribution < 1.29 is 0 Å². The molecule has 0 aliphatic heterocycles. The van der Waals surface area contributed by atoms with Crippen LogP contribution in [0.4, 0.5) is 0 Å². The quantitative estimate of drug-likeness (QED) is 0.392. The highest BCUT2D eigenvalue weighted by Gasteiger charge is 2.06. The van der Waals surface area contributed by atoms with Gasteiger partial charge in [-0.25, -0.2) is 0 Å². The second-order valence-corrected chi connectivity index (χ2v) is 2.92. The minimum absolute atomic E-state index is 1.04. The molecule has 1 rings (SSSR count). The molecule has 0 bridgehead atoms. The van der Waals surface area contributed by atoms with Gasteiger partial charge in [-0.15, -0.1) is 0 Å². The Morgan fingerprint density at radius 1 is 1.20 bits per heavy atom. The first-order chi connectivity index (χ1) is 4.79. The fourth-order valence-corrected chi connectivity index (χ4v) is 1.05. The van der Waals surface area contributed by atoms with Crippen LogP contribution in [-0.4, -0.2) is 11.4 Å². The fraction of sp³-hybridized carbons (Fsp3) is 0.750. The highest BCUT2D eigenvalue weighted by Crippen LogP contribution is 2.14. The third-order valence-corrected chi connectivity index (χ3v) is 1.57. The van der Waals surface area contributed by atoms with E-state index in [-0.39, 0.29) is 0 Å². The molecule has 10 heavy (non-hydrogen) atoms. The van der Waals surface area contributed by atoms with E-state index in [4.69, 9.17) is 0 Å². The lowest BCUT2D eigenvalue weighted by molar-refractivity contribution is 0.886. The molecule has 2 heteroatoms. The normalized spacial score (nSPS) is 17.2. The van der Waals surface area contributed by atoms with Gasteiger partial charge in [0.05, 0.1) is 0 Å². The van der Waals surface area contributed by atoms with Crippen molar-refractivity contribution in [1.82, 2.24) is 0 Å². The van der Waals surface area contributed by atoms with Gasteiger partial charge in [-0.05, 0) is 39.5 Å². The molecule has 0 atom stereocenters. The second-order valence-electron chi connectivity index (χ2n) is 2.92. The molecule has 0 aromatic carbocycles. The largest absolute Gasteiger partial charge is 0.161 e. The standard InChI is InChI=1S/C8H14N2/c1-7(2)9-10-8-5-3-4-6-8/h3-6H2,1-2H3. The van der Waals surface area contributed by atoms with E-state index in [9.17, 15) is 0 Å². The summed E-state index contributed by atoms with van der Waals surface area (Å²) in [5.41, 5.74) is 2.32. The molecule has 1 saturated carbocycles. The minimum Gasteiger partial charge on any atom is -0.161 e. The van der Waals surface area contributed by atoms with Crippen molar-refractivity contribution in [2.24, 2.45) is 10.2 Å². The van der Waals surface area contributed by atoms with E-state index in [1.807, 2.05) is 13.8 Å². The van der Waals surface area contributed by atoms with E-state index < -0.39 is 0 Å². The van der Waals surface area contributed by atoms with Crippen molar-refractivity contribution in [1.29, 1.82) is 0 Å². The predicted molar refractivity (Wildman–Crippen MR) is 44.7 cm³/mol. The van der Waals surface area contributed by atoms with Crippen molar-refractivity contribution >= 4 is 11.4 Å². The number of rotatable bonds is 1. The first-order valence-corrected chi connectivity index (χ1v) is 3.85. The van der Waals surface area contributed by atoms with Gasteiger partial charge in [0, 0.05) is 11.4 Å². The molecule has 0 spiro atoms. The summed E-state index contributed by atoms with van der Waals surface area (Å²) >= 11 is 0. The number of nitrogens with zero attached hydrogens (tertiary/aromatic N) is 2. The van der Waals surface area contributed by atoms with Crippen molar-refractivity contribution in [2.75, 3.05) is 0 Å². The molecule has 0 N–H and O–H groups in total. The molecule has 0 amide bonds. The highest BCUT2D eigenvalue weighted by molar-refractivity contribution is 5.87. The zero-order valence-electron chi connectivity index (χ0n) is 6.72. The fourth-order valence-electron chi connectivity index (χ4n) is 1.05. The van der Waals surface area contributed by atoms with Gasteiger partial charge in [0.25, 0.3) is 0 Å². The van der Waals surface area contributed by atoms with Crippen LogP contribution in [0.25, 0.3) is 0 Å². The van der Waals surface area contributed by atoms with Gasteiger partial charge < -0.3 is 0 Å². The predicted octanol–water partition coefficient (Wildman–Crippen LogP) is 2.40. The molecule has 0 heterocycles. The monoisotopic (exact) mass is 138 g/mol. The lowest BCUT2D eigenvalue weighted by atomic mass is 10.3. The van der Waals surface area contributed by atoms with Gasteiger partial charge in [-0.1, -0.05) is 0 Å². The van der Waals surface area contributed by atoms with E-state index in [0.717, 1.165) is 18.6 Å². The first-order valence-electron chi connectivity index (χ1n) is 3.85. The van der Waals surface area contributed by atoms with E-state index in [1.165, 1.54) is 18.6 Å². The Hall–Kier alpha value is -0.660. The SMILES string of the molecule is CC(C)=NN=C1CCCC1. The van der Waals surface area contributed by atoms with E-state index in [0.29, 0.717) is 0 Å². The maximum atomic E-state index is 4.13. The Bertz CT molecular complexity index is 156. The third kappa shape index (κ3) is 2.29. The van der Waals surface area contributed by atoms with Gasteiger partial charge in [-0.3, -0.25) is 0 Å². The summed E-state index contributed by atoms with van der Waals surface area (Å²) in [5, 5.41) is 8.14. The number of hydrogen-bond donors (Lipinski definition) is 0. The maximum Gasteiger partial charge on any atom is 0.0405 e. The van der Waals surface area contributed by atoms with Gasteiger partial charge >= 0.3 is 0 Å². The van der Waals surface area contributed by atoms with Crippen LogP contribution in [0.2, 0.25) is 0 Å². The summed E-state index contributed by atoms with van der Waals surface area (Å²) in [5.74, 6) is 0. The molecule has 0 aromatic heterocycles. The molecule has 56 valence electrons. The van der Waals surface area contributed by atoms with Crippen molar-refractivity contribution in [3.8, 4) is 0 Å². The van der Waals surface area contributed by atoms with Gasteiger partial charge in [0.2, 0.25) is 0 Å². The molecule has 0 radical (unpaired) electrons. The third-order valence-electron chi connectivity index (χ3n) is 1.57. The zero-order valence-corrected chi connectivity index (χ0v) is 6.72. The lowest BCUT2D eigenvalue weighted by Crippen LogP contribution is -1.87. The van der Waals surface area contributed by atoms with Crippen LogP contribution < -0.4 is 0 Å². The molecular weight excluding hydrogens is 124 g/mol. The summed E-state index contributed by atoms with van der Waals surface area (Å²) in [6.45, 7) is 3.94. The van der Waals surface area contributed by atoms with Gasteiger partial charge in [-0.2, -0.15) is 10.2 Å². The van der Waals surface area contributed by atoms with Gasteiger partial charge in [0.15, 0.2) is 0 Å². The topological polar surface area (TPSA) is 24.7 Å². The number of hydrogen-bond acceptors (Lipinski definition) is 2. The maximum absolute atomic E-state index is 4.13. The van der Waals surface area contributed by atoms with E-state index in [2.05, 4.69) is 10.2 Å². The molecule has 1 fully saturated rings. The smallest absolute Gasteiger partial charge is 0.0405 e. The second kappa shape index (κ2) is 3.49. The van der Waals surface area contributed by atoms with Crippen LogP contribution in [0.15, 0.2) is 10.2 Å². The summed E-state index contributed by atoms with van der Waals surface area (Å²) in [6.07, 6.45) is 4.93. The van der Waals surface area contributed by atoms with Crippen molar-refractivity contribution in [3.63, 3.8) is 0 Å². The van der Waals surface area contributed by atoms with Crippen LogP contribution in [0.3, 0.4) is 0 Å². The average Bonchev–Trinajstić information content (AvgIpc) is 2.34.